The van der Waals surface area contributed by atoms with E-state index in [4.69, 9.17) is 0 Å². The average Bonchev–Trinajstić information content (AvgIpc) is 2.39. The molecule has 92 valence electrons. The number of aryl methyl sites for hydroxylation is 1. The topological polar surface area (TPSA) is 0 Å². The van der Waals surface area contributed by atoms with E-state index in [9.17, 15) is 0 Å². The Morgan fingerprint density at radius 1 is 1.24 bits per heavy atom. The van der Waals surface area contributed by atoms with Crippen LogP contribution in [0.1, 0.15) is 29.9 Å². The molecule has 0 nitrogen and oxygen atoms in total. The molecule has 0 amide bonds. The molecule has 0 bridgehead atoms. The molecular formula is C14H17BrS2. The van der Waals surface area contributed by atoms with Crippen LogP contribution in [0.25, 0.3) is 0 Å². The standard InChI is InChI=1S/C14H17BrS2/c15-11-5-4-10-2-1-3-12(13(10)8-11)14-9-16-6-7-17-14/h4-5,8,12,14H,1-3,6-7,9H2. The Morgan fingerprint density at radius 2 is 2.18 bits per heavy atom. The summed E-state index contributed by atoms with van der Waals surface area (Å²) in [4.78, 5) is 0. The van der Waals surface area contributed by atoms with E-state index in [1.54, 1.807) is 11.1 Å². The molecule has 1 fully saturated rings. The summed E-state index contributed by atoms with van der Waals surface area (Å²) < 4.78 is 1.25. The van der Waals surface area contributed by atoms with Crippen LogP contribution in [0.5, 0.6) is 0 Å². The van der Waals surface area contributed by atoms with Crippen LogP contribution in [0.2, 0.25) is 0 Å². The number of hydrogen-bond donors (Lipinski definition) is 0. The third-order valence-corrected chi connectivity index (χ3v) is 7.17. The van der Waals surface area contributed by atoms with Crippen LogP contribution < -0.4 is 0 Å². The maximum atomic E-state index is 3.63. The number of hydrogen-bond acceptors (Lipinski definition) is 2. The van der Waals surface area contributed by atoms with Crippen molar-refractivity contribution in [3.05, 3.63) is 33.8 Å². The summed E-state index contributed by atoms with van der Waals surface area (Å²) in [5.41, 5.74) is 3.23. The minimum Gasteiger partial charge on any atom is -0.160 e. The molecule has 0 aromatic heterocycles. The highest BCUT2D eigenvalue weighted by Gasteiger charge is 2.29. The number of fused-ring (bicyclic) bond motifs is 1. The first kappa shape index (κ1) is 12.4. The zero-order chi connectivity index (χ0) is 11.7. The fraction of sp³-hybridized carbons (Fsp3) is 0.571. The fourth-order valence-corrected chi connectivity index (χ4v) is 6.29. The third kappa shape index (κ3) is 2.71. The molecule has 2 aliphatic rings. The van der Waals surface area contributed by atoms with E-state index >= 15 is 0 Å². The highest BCUT2D eigenvalue weighted by molar-refractivity contribution is 9.10. The number of rotatable bonds is 1. The Labute approximate surface area is 120 Å². The Hall–Kier alpha value is 0.400. The molecule has 0 N–H and O–H groups in total. The maximum absolute atomic E-state index is 3.63. The molecule has 1 aliphatic heterocycles. The smallest absolute Gasteiger partial charge is 0.0207 e. The first-order valence-electron chi connectivity index (χ1n) is 6.32. The minimum absolute atomic E-state index is 0.800. The second-order valence-corrected chi connectivity index (χ2v) is 8.24. The molecule has 1 aromatic rings. The van der Waals surface area contributed by atoms with Crippen molar-refractivity contribution in [1.82, 2.24) is 0 Å². The van der Waals surface area contributed by atoms with E-state index < -0.39 is 0 Å². The molecule has 1 heterocycles. The van der Waals surface area contributed by atoms with Crippen LogP contribution in [0.4, 0.5) is 0 Å². The van der Waals surface area contributed by atoms with E-state index in [0.29, 0.717) is 0 Å². The fourth-order valence-electron chi connectivity index (χ4n) is 2.93. The number of benzene rings is 1. The summed E-state index contributed by atoms with van der Waals surface area (Å²) in [7, 11) is 0. The molecule has 0 spiro atoms. The van der Waals surface area contributed by atoms with Crippen molar-refractivity contribution in [1.29, 1.82) is 0 Å². The van der Waals surface area contributed by atoms with E-state index in [0.717, 1.165) is 11.2 Å². The predicted octanol–water partition coefficient (Wildman–Crippen LogP) is 4.72. The van der Waals surface area contributed by atoms with Gasteiger partial charge in [-0.1, -0.05) is 22.0 Å². The van der Waals surface area contributed by atoms with Crippen LogP contribution in [0.3, 0.4) is 0 Å². The van der Waals surface area contributed by atoms with Gasteiger partial charge >= 0.3 is 0 Å². The monoisotopic (exact) mass is 328 g/mol. The van der Waals surface area contributed by atoms with Crippen molar-refractivity contribution in [2.45, 2.75) is 30.4 Å². The van der Waals surface area contributed by atoms with Gasteiger partial charge in [-0.3, -0.25) is 0 Å². The van der Waals surface area contributed by atoms with Gasteiger partial charge in [-0.05, 0) is 48.4 Å². The molecule has 3 heteroatoms. The lowest BCUT2D eigenvalue weighted by Gasteiger charge is -2.34. The summed E-state index contributed by atoms with van der Waals surface area (Å²) in [6.07, 6.45) is 4.05. The SMILES string of the molecule is Brc1ccc2c(c1)C(C1CSCCS1)CCC2. The molecule has 1 saturated heterocycles. The van der Waals surface area contributed by atoms with Crippen molar-refractivity contribution < 1.29 is 0 Å². The van der Waals surface area contributed by atoms with Gasteiger partial charge in [0.15, 0.2) is 0 Å². The van der Waals surface area contributed by atoms with Gasteiger partial charge < -0.3 is 0 Å². The van der Waals surface area contributed by atoms with Crippen molar-refractivity contribution in [3.63, 3.8) is 0 Å². The molecular weight excluding hydrogens is 312 g/mol. The van der Waals surface area contributed by atoms with Crippen molar-refractivity contribution in [2.75, 3.05) is 17.3 Å². The van der Waals surface area contributed by atoms with E-state index in [-0.39, 0.29) is 0 Å². The quantitative estimate of drug-likeness (QED) is 0.731. The zero-order valence-corrected chi connectivity index (χ0v) is 13.0. The summed E-state index contributed by atoms with van der Waals surface area (Å²) in [5.74, 6) is 4.84. The first-order chi connectivity index (χ1) is 8.34. The maximum Gasteiger partial charge on any atom is 0.0207 e. The molecule has 2 unspecified atom stereocenters. The first-order valence-corrected chi connectivity index (χ1v) is 9.32. The van der Waals surface area contributed by atoms with Gasteiger partial charge in [0.25, 0.3) is 0 Å². The van der Waals surface area contributed by atoms with Crippen LogP contribution in [-0.4, -0.2) is 22.5 Å². The van der Waals surface area contributed by atoms with Crippen molar-refractivity contribution in [2.24, 2.45) is 0 Å². The third-order valence-electron chi connectivity index (χ3n) is 3.76. The summed E-state index contributed by atoms with van der Waals surface area (Å²) in [5, 5.41) is 0.849. The largest absolute Gasteiger partial charge is 0.160 e. The highest BCUT2D eigenvalue weighted by Crippen LogP contribution is 2.42. The van der Waals surface area contributed by atoms with Crippen molar-refractivity contribution >= 4 is 39.5 Å². The predicted molar refractivity (Wildman–Crippen MR) is 83.4 cm³/mol. The molecule has 2 atom stereocenters. The molecule has 0 radical (unpaired) electrons. The van der Waals surface area contributed by atoms with Gasteiger partial charge in [-0.15, -0.1) is 0 Å². The van der Waals surface area contributed by atoms with Crippen molar-refractivity contribution in [3.8, 4) is 0 Å². The summed E-state index contributed by atoms with van der Waals surface area (Å²) >= 11 is 7.98. The van der Waals surface area contributed by atoms with E-state index in [1.807, 2.05) is 0 Å². The molecule has 1 aliphatic carbocycles. The molecule has 3 rings (SSSR count). The number of thioether (sulfide) groups is 2. The second kappa shape index (κ2) is 5.58. The lowest BCUT2D eigenvalue weighted by molar-refractivity contribution is 0.551. The highest BCUT2D eigenvalue weighted by atomic mass is 79.9. The summed E-state index contributed by atoms with van der Waals surface area (Å²) in [6, 6.07) is 6.90. The van der Waals surface area contributed by atoms with Crippen LogP contribution in [0, 0.1) is 0 Å². The summed E-state index contributed by atoms with van der Waals surface area (Å²) in [6.45, 7) is 0. The van der Waals surface area contributed by atoms with Gasteiger partial charge in [0.2, 0.25) is 0 Å². The lowest BCUT2D eigenvalue weighted by atomic mass is 9.81. The lowest BCUT2D eigenvalue weighted by Crippen LogP contribution is -2.25. The Balaban J connectivity index is 1.89. The van der Waals surface area contributed by atoms with E-state index in [1.165, 1.54) is 41.0 Å². The average molecular weight is 329 g/mol. The molecule has 1 aromatic carbocycles. The van der Waals surface area contributed by atoms with E-state index in [2.05, 4.69) is 57.7 Å². The second-order valence-electron chi connectivity index (χ2n) is 4.83. The van der Waals surface area contributed by atoms with Crippen LogP contribution in [-0.2, 0) is 6.42 Å². The van der Waals surface area contributed by atoms with Gasteiger partial charge in [0.05, 0.1) is 0 Å². The Bertz CT molecular complexity index is 399. The number of halogens is 1. The van der Waals surface area contributed by atoms with Gasteiger partial charge in [-0.25, -0.2) is 0 Å². The Morgan fingerprint density at radius 3 is 3.00 bits per heavy atom. The molecule has 17 heavy (non-hydrogen) atoms. The minimum atomic E-state index is 0.800. The van der Waals surface area contributed by atoms with Crippen LogP contribution in [0.15, 0.2) is 22.7 Å². The zero-order valence-electron chi connectivity index (χ0n) is 9.82. The molecule has 0 saturated carbocycles. The van der Waals surface area contributed by atoms with Gasteiger partial charge in [0, 0.05) is 27.0 Å². The Kier molecular flexibility index (Phi) is 4.08. The van der Waals surface area contributed by atoms with Gasteiger partial charge in [-0.2, -0.15) is 23.5 Å². The normalized spacial score (nSPS) is 28.8. The van der Waals surface area contributed by atoms with Crippen LogP contribution >= 0.6 is 39.5 Å². The van der Waals surface area contributed by atoms with Gasteiger partial charge in [0.1, 0.15) is 0 Å².